The molecule has 0 aromatic heterocycles. The van der Waals surface area contributed by atoms with Crippen LogP contribution in [0.5, 0.6) is 0 Å². The van der Waals surface area contributed by atoms with Crippen LogP contribution in [-0.2, 0) is 17.5 Å². The van der Waals surface area contributed by atoms with Gasteiger partial charge in [-0.1, -0.05) is 18.2 Å². The van der Waals surface area contributed by atoms with Gasteiger partial charge in [0.1, 0.15) is 11.0 Å². The average Bonchev–Trinajstić information content (AvgIpc) is 2.34. The highest BCUT2D eigenvalue weighted by atomic mass is 32.2. The van der Waals surface area contributed by atoms with E-state index in [1.54, 1.807) is 0 Å². The maximum atomic E-state index is 11.1. The summed E-state index contributed by atoms with van der Waals surface area (Å²) in [4.78, 5) is 0.933. The number of nitrogens with one attached hydrogen (secondary N) is 1. The van der Waals surface area contributed by atoms with E-state index in [0.29, 0.717) is 0 Å². The lowest BCUT2D eigenvalue weighted by molar-refractivity contribution is 0.678. The zero-order valence-electron chi connectivity index (χ0n) is 5.33. The van der Waals surface area contributed by atoms with E-state index in [1.807, 2.05) is 24.3 Å². The summed E-state index contributed by atoms with van der Waals surface area (Å²) >= 11 is 0. The van der Waals surface area contributed by atoms with Crippen molar-refractivity contribution < 1.29 is 4.21 Å². The molecule has 0 bridgehead atoms. The van der Waals surface area contributed by atoms with Gasteiger partial charge in [-0.15, -0.1) is 0 Å². The molecule has 3 heteroatoms. The molecular formula is C7H7NOS. The van der Waals surface area contributed by atoms with Gasteiger partial charge in [0.2, 0.25) is 0 Å². The van der Waals surface area contributed by atoms with Gasteiger partial charge >= 0.3 is 0 Å². The van der Waals surface area contributed by atoms with E-state index in [4.69, 9.17) is 0 Å². The van der Waals surface area contributed by atoms with E-state index < -0.39 is 11.0 Å². The third kappa shape index (κ3) is 0.786. The van der Waals surface area contributed by atoms with Crippen LogP contribution < -0.4 is 4.72 Å². The number of rotatable bonds is 0. The van der Waals surface area contributed by atoms with Gasteiger partial charge in [0.25, 0.3) is 0 Å². The molecule has 0 fully saturated rings. The zero-order chi connectivity index (χ0) is 6.97. The van der Waals surface area contributed by atoms with Gasteiger partial charge in [-0.05, 0) is 11.6 Å². The topological polar surface area (TPSA) is 29.1 Å². The van der Waals surface area contributed by atoms with Crippen LogP contribution in [0.4, 0.5) is 0 Å². The highest BCUT2D eigenvalue weighted by molar-refractivity contribution is 7.83. The minimum atomic E-state index is -0.948. The molecular weight excluding hydrogens is 146 g/mol. The second kappa shape index (κ2) is 2.18. The highest BCUT2D eigenvalue weighted by Gasteiger charge is 2.15. The fourth-order valence-corrected chi connectivity index (χ4v) is 2.07. The van der Waals surface area contributed by atoms with Gasteiger partial charge in [-0.2, -0.15) is 0 Å². The van der Waals surface area contributed by atoms with E-state index in [0.717, 1.165) is 17.0 Å². The van der Waals surface area contributed by atoms with Crippen molar-refractivity contribution in [3.8, 4) is 0 Å². The molecule has 0 aliphatic carbocycles. The van der Waals surface area contributed by atoms with Crippen LogP contribution in [0.2, 0.25) is 0 Å². The van der Waals surface area contributed by atoms with Crippen LogP contribution in [0, 0.1) is 0 Å². The van der Waals surface area contributed by atoms with Crippen molar-refractivity contribution in [1.82, 2.24) is 4.72 Å². The lowest BCUT2D eigenvalue weighted by Crippen LogP contribution is -2.05. The largest absolute Gasteiger partial charge is 0.237 e. The Bertz CT molecular complexity index is 285. The Kier molecular flexibility index (Phi) is 1.32. The van der Waals surface area contributed by atoms with Crippen LogP contribution in [0.1, 0.15) is 5.56 Å². The zero-order valence-corrected chi connectivity index (χ0v) is 6.15. The van der Waals surface area contributed by atoms with Crippen molar-refractivity contribution in [2.75, 3.05) is 0 Å². The molecule has 1 aromatic carbocycles. The molecule has 2 nitrogen and oxygen atoms in total. The molecule has 0 radical (unpaired) electrons. The molecule has 1 aliphatic rings. The van der Waals surface area contributed by atoms with Crippen molar-refractivity contribution in [3.63, 3.8) is 0 Å². The van der Waals surface area contributed by atoms with Crippen LogP contribution in [-0.4, -0.2) is 4.21 Å². The summed E-state index contributed by atoms with van der Waals surface area (Å²) in [7, 11) is -0.948. The Morgan fingerprint density at radius 3 is 3.00 bits per heavy atom. The lowest BCUT2D eigenvalue weighted by Gasteiger charge is -1.90. The van der Waals surface area contributed by atoms with Gasteiger partial charge in [-0.3, -0.25) is 0 Å². The number of hydrogen-bond acceptors (Lipinski definition) is 1. The van der Waals surface area contributed by atoms with Crippen LogP contribution in [0.25, 0.3) is 0 Å². The lowest BCUT2D eigenvalue weighted by atomic mass is 10.2. The molecule has 52 valence electrons. The standard InChI is InChI=1S/C7H7NOS/c9-10-7-4-2-1-3-6(7)5-8-10/h1-4,8H,5H2/t10-/m0/s1. The van der Waals surface area contributed by atoms with Crippen molar-refractivity contribution in [3.05, 3.63) is 29.8 Å². The SMILES string of the molecule is O=[S@@]1NCc2ccccc21. The first-order valence-corrected chi connectivity index (χ1v) is 4.26. The quantitative estimate of drug-likeness (QED) is 0.587. The molecule has 0 amide bonds. The first-order valence-electron chi connectivity index (χ1n) is 3.11. The van der Waals surface area contributed by atoms with Crippen molar-refractivity contribution in [2.45, 2.75) is 11.4 Å². The molecule has 0 saturated carbocycles. The second-order valence-corrected chi connectivity index (χ2v) is 3.46. The van der Waals surface area contributed by atoms with E-state index >= 15 is 0 Å². The summed E-state index contributed by atoms with van der Waals surface area (Å²) in [5, 5.41) is 0. The summed E-state index contributed by atoms with van der Waals surface area (Å²) < 4.78 is 13.9. The fraction of sp³-hybridized carbons (Fsp3) is 0.143. The van der Waals surface area contributed by atoms with Crippen molar-refractivity contribution >= 4 is 11.0 Å². The van der Waals surface area contributed by atoms with Crippen LogP contribution in [0.3, 0.4) is 0 Å². The maximum absolute atomic E-state index is 11.1. The summed E-state index contributed by atoms with van der Waals surface area (Å²) in [5.74, 6) is 0. The van der Waals surface area contributed by atoms with E-state index in [2.05, 4.69) is 4.72 Å². The Morgan fingerprint density at radius 1 is 1.40 bits per heavy atom. The van der Waals surface area contributed by atoms with Crippen LogP contribution >= 0.6 is 0 Å². The Labute approximate surface area is 61.9 Å². The molecule has 1 aliphatic heterocycles. The molecule has 2 rings (SSSR count). The number of hydrogen-bond donors (Lipinski definition) is 1. The molecule has 0 saturated heterocycles. The van der Waals surface area contributed by atoms with E-state index in [-0.39, 0.29) is 0 Å². The average molecular weight is 153 g/mol. The van der Waals surface area contributed by atoms with Gasteiger partial charge in [0.15, 0.2) is 0 Å². The van der Waals surface area contributed by atoms with Gasteiger partial charge in [0, 0.05) is 6.54 Å². The number of fused-ring (bicyclic) bond motifs is 1. The van der Waals surface area contributed by atoms with Gasteiger partial charge in [-0.25, -0.2) is 8.93 Å². The molecule has 0 unspecified atom stereocenters. The molecule has 1 N–H and O–H groups in total. The van der Waals surface area contributed by atoms with Crippen LogP contribution in [0.15, 0.2) is 29.2 Å². The molecule has 10 heavy (non-hydrogen) atoms. The summed E-state index contributed by atoms with van der Waals surface area (Å²) in [6.45, 7) is 0.739. The van der Waals surface area contributed by atoms with Gasteiger partial charge < -0.3 is 0 Å². The smallest absolute Gasteiger partial charge is 0.125 e. The minimum Gasteiger partial charge on any atom is -0.237 e. The Balaban J connectivity index is 2.61. The molecule has 0 spiro atoms. The first kappa shape index (κ1) is 6.07. The minimum absolute atomic E-state index is 0.739. The Morgan fingerprint density at radius 2 is 2.20 bits per heavy atom. The monoisotopic (exact) mass is 153 g/mol. The first-order chi connectivity index (χ1) is 4.88. The summed E-state index contributed by atoms with van der Waals surface area (Å²) in [6, 6.07) is 7.76. The van der Waals surface area contributed by atoms with E-state index in [1.165, 1.54) is 0 Å². The van der Waals surface area contributed by atoms with Crippen molar-refractivity contribution in [2.24, 2.45) is 0 Å². The third-order valence-corrected chi connectivity index (χ3v) is 2.77. The van der Waals surface area contributed by atoms with Gasteiger partial charge in [0.05, 0.1) is 4.90 Å². The summed E-state index contributed by atoms with van der Waals surface area (Å²) in [5.41, 5.74) is 1.15. The normalized spacial score (nSPS) is 22.6. The predicted molar refractivity (Wildman–Crippen MR) is 39.7 cm³/mol. The Hall–Kier alpha value is -0.670. The molecule has 1 heterocycles. The molecule has 1 atom stereocenters. The fourth-order valence-electron chi connectivity index (χ4n) is 1.05. The van der Waals surface area contributed by atoms with E-state index in [9.17, 15) is 4.21 Å². The predicted octanol–water partition coefficient (Wildman–Crippen LogP) is 0.812. The maximum Gasteiger partial charge on any atom is 0.125 e. The second-order valence-electron chi connectivity index (χ2n) is 2.20. The van der Waals surface area contributed by atoms with Crippen molar-refractivity contribution in [1.29, 1.82) is 0 Å². The molecule has 1 aromatic rings. The third-order valence-electron chi connectivity index (χ3n) is 1.57. The summed E-state index contributed by atoms with van der Waals surface area (Å²) in [6.07, 6.45) is 0. The highest BCUT2D eigenvalue weighted by Crippen LogP contribution is 2.17. The number of benzene rings is 1.